The number of hydrogen-bond acceptors (Lipinski definition) is 4. The van der Waals surface area contributed by atoms with Crippen molar-refractivity contribution in [2.75, 3.05) is 0 Å². The highest BCUT2D eigenvalue weighted by atomic mass is 79.9. The molecule has 2 heterocycles. The van der Waals surface area contributed by atoms with Crippen LogP contribution in [0.25, 0.3) is 5.69 Å². The summed E-state index contributed by atoms with van der Waals surface area (Å²) >= 11 is 6.79. The van der Waals surface area contributed by atoms with Crippen molar-refractivity contribution in [3.8, 4) is 5.69 Å². The summed E-state index contributed by atoms with van der Waals surface area (Å²) in [7, 11) is 0. The Balaban J connectivity index is 2.15. The van der Waals surface area contributed by atoms with E-state index >= 15 is 0 Å². The van der Waals surface area contributed by atoms with Crippen LogP contribution in [0.5, 0.6) is 0 Å². The Kier molecular flexibility index (Phi) is 4.44. The van der Waals surface area contributed by atoms with Crippen molar-refractivity contribution in [2.45, 2.75) is 5.33 Å². The fraction of sp³-hybridized carbons (Fsp3) is 0.0667. The number of aromatic nitrogens is 4. The molecule has 5 nitrogen and oxygen atoms in total. The van der Waals surface area contributed by atoms with Crippen LogP contribution in [0, 0.1) is 0 Å². The van der Waals surface area contributed by atoms with Crippen LogP contribution in [-0.4, -0.2) is 25.5 Å². The summed E-state index contributed by atoms with van der Waals surface area (Å²) in [6.45, 7) is 0. The standard InChI is InChI=1S/C15H10Br2N4O/c16-8-14-20-19-9-21(14)13-5-4-10(17)7-11(13)15(22)12-3-1-2-6-18-12/h1-7,9H,8H2. The zero-order chi connectivity index (χ0) is 15.5. The molecule has 1 aromatic carbocycles. The van der Waals surface area contributed by atoms with Gasteiger partial charge in [-0.3, -0.25) is 14.3 Å². The van der Waals surface area contributed by atoms with Crippen LogP contribution in [0.4, 0.5) is 0 Å². The number of ketones is 1. The molecule has 110 valence electrons. The minimum atomic E-state index is -0.147. The van der Waals surface area contributed by atoms with Gasteiger partial charge in [-0.2, -0.15) is 0 Å². The highest BCUT2D eigenvalue weighted by molar-refractivity contribution is 9.10. The summed E-state index contributed by atoms with van der Waals surface area (Å²) < 4.78 is 2.61. The number of benzene rings is 1. The summed E-state index contributed by atoms with van der Waals surface area (Å²) in [5.41, 5.74) is 1.66. The molecule has 0 atom stereocenters. The van der Waals surface area contributed by atoms with Gasteiger partial charge in [-0.25, -0.2) is 0 Å². The Hall–Kier alpha value is -1.86. The first kappa shape index (κ1) is 15.1. The van der Waals surface area contributed by atoms with E-state index in [-0.39, 0.29) is 5.78 Å². The summed E-state index contributed by atoms with van der Waals surface area (Å²) in [4.78, 5) is 16.9. The summed E-state index contributed by atoms with van der Waals surface area (Å²) in [5, 5.41) is 8.49. The Morgan fingerprint density at radius 2 is 2.09 bits per heavy atom. The molecule has 0 saturated carbocycles. The maximum atomic E-state index is 12.8. The second-order valence-corrected chi connectivity index (χ2v) is 5.93. The van der Waals surface area contributed by atoms with Crippen LogP contribution in [0.15, 0.2) is 53.4 Å². The average molecular weight is 422 g/mol. The van der Waals surface area contributed by atoms with E-state index in [0.717, 1.165) is 16.0 Å². The number of hydrogen-bond donors (Lipinski definition) is 0. The normalized spacial score (nSPS) is 10.6. The number of nitrogens with zero attached hydrogens (tertiary/aromatic N) is 4. The molecular formula is C15H10Br2N4O. The fourth-order valence-corrected chi connectivity index (χ4v) is 2.83. The van der Waals surface area contributed by atoms with Crippen molar-refractivity contribution in [1.82, 2.24) is 19.7 Å². The molecule has 3 aromatic rings. The largest absolute Gasteiger partial charge is 0.287 e. The second kappa shape index (κ2) is 6.50. The number of halogens is 2. The number of carbonyl (C=O) groups excluding carboxylic acids is 1. The zero-order valence-corrected chi connectivity index (χ0v) is 14.5. The number of carbonyl (C=O) groups is 1. The van der Waals surface area contributed by atoms with Crippen molar-refractivity contribution in [1.29, 1.82) is 0 Å². The molecule has 0 spiro atoms. The van der Waals surface area contributed by atoms with Gasteiger partial charge >= 0.3 is 0 Å². The van der Waals surface area contributed by atoms with E-state index in [1.165, 1.54) is 0 Å². The van der Waals surface area contributed by atoms with Crippen LogP contribution in [0.3, 0.4) is 0 Å². The lowest BCUT2D eigenvalue weighted by Crippen LogP contribution is -2.10. The van der Waals surface area contributed by atoms with Crippen molar-refractivity contribution < 1.29 is 4.79 Å². The van der Waals surface area contributed by atoms with Crippen molar-refractivity contribution in [3.05, 3.63) is 70.5 Å². The van der Waals surface area contributed by atoms with Crippen molar-refractivity contribution in [2.24, 2.45) is 0 Å². The van der Waals surface area contributed by atoms with Crippen LogP contribution >= 0.6 is 31.9 Å². The molecule has 0 fully saturated rings. The first-order valence-corrected chi connectivity index (χ1v) is 8.32. The first-order valence-electron chi connectivity index (χ1n) is 6.41. The molecule has 0 N–H and O–H groups in total. The molecular weight excluding hydrogens is 412 g/mol. The molecule has 0 aliphatic heterocycles. The highest BCUT2D eigenvalue weighted by Gasteiger charge is 2.18. The van der Waals surface area contributed by atoms with E-state index in [2.05, 4.69) is 47.0 Å². The summed E-state index contributed by atoms with van der Waals surface area (Å²) in [6, 6.07) is 10.8. The first-order chi connectivity index (χ1) is 10.7. The van der Waals surface area contributed by atoms with Gasteiger partial charge < -0.3 is 0 Å². The highest BCUT2D eigenvalue weighted by Crippen LogP contribution is 2.23. The van der Waals surface area contributed by atoms with E-state index in [9.17, 15) is 4.79 Å². The van der Waals surface area contributed by atoms with Gasteiger partial charge in [0.15, 0.2) is 0 Å². The molecule has 22 heavy (non-hydrogen) atoms. The Morgan fingerprint density at radius 3 is 2.82 bits per heavy atom. The molecule has 0 saturated heterocycles. The monoisotopic (exact) mass is 420 g/mol. The van der Waals surface area contributed by atoms with Crippen LogP contribution < -0.4 is 0 Å². The zero-order valence-electron chi connectivity index (χ0n) is 11.3. The van der Waals surface area contributed by atoms with E-state index in [1.54, 1.807) is 41.4 Å². The third-order valence-corrected chi connectivity index (χ3v) is 4.09. The van der Waals surface area contributed by atoms with Gasteiger partial charge in [0, 0.05) is 16.2 Å². The SMILES string of the molecule is O=C(c1ccccn1)c1cc(Br)ccc1-n1cnnc1CBr. The van der Waals surface area contributed by atoms with Gasteiger partial charge in [0.05, 0.1) is 11.0 Å². The van der Waals surface area contributed by atoms with Gasteiger partial charge in [-0.1, -0.05) is 37.9 Å². The summed E-state index contributed by atoms with van der Waals surface area (Å²) in [5.74, 6) is 0.573. The topological polar surface area (TPSA) is 60.7 Å². The molecule has 0 unspecified atom stereocenters. The van der Waals surface area contributed by atoms with E-state index < -0.39 is 0 Å². The fourth-order valence-electron chi connectivity index (χ4n) is 2.09. The minimum Gasteiger partial charge on any atom is -0.287 e. The molecule has 3 rings (SSSR count). The predicted octanol–water partition coefficient (Wildman–Crippen LogP) is 3.55. The Bertz CT molecular complexity index is 817. The van der Waals surface area contributed by atoms with Crippen LogP contribution in [0.2, 0.25) is 0 Å². The lowest BCUT2D eigenvalue weighted by atomic mass is 10.1. The second-order valence-electron chi connectivity index (χ2n) is 4.46. The predicted molar refractivity (Wildman–Crippen MR) is 89.4 cm³/mol. The molecule has 2 aromatic heterocycles. The minimum absolute atomic E-state index is 0.147. The average Bonchev–Trinajstić information content (AvgIpc) is 3.03. The molecule has 7 heteroatoms. The van der Waals surface area contributed by atoms with Crippen molar-refractivity contribution >= 4 is 37.6 Å². The number of alkyl halides is 1. The van der Waals surface area contributed by atoms with E-state index in [0.29, 0.717) is 16.6 Å². The number of pyridine rings is 1. The maximum absolute atomic E-state index is 12.8. The molecule has 0 amide bonds. The third-order valence-electron chi connectivity index (χ3n) is 3.10. The smallest absolute Gasteiger partial charge is 0.213 e. The van der Waals surface area contributed by atoms with E-state index in [4.69, 9.17) is 0 Å². The Labute approximate surface area is 143 Å². The number of rotatable bonds is 4. The van der Waals surface area contributed by atoms with Crippen molar-refractivity contribution in [3.63, 3.8) is 0 Å². The summed E-state index contributed by atoms with van der Waals surface area (Å²) in [6.07, 6.45) is 3.20. The molecule has 0 aliphatic rings. The van der Waals surface area contributed by atoms with Crippen LogP contribution in [-0.2, 0) is 5.33 Å². The third kappa shape index (κ3) is 2.86. The lowest BCUT2D eigenvalue weighted by molar-refractivity contribution is 0.103. The molecule has 0 bridgehead atoms. The van der Waals surface area contributed by atoms with Gasteiger partial charge in [0.1, 0.15) is 17.8 Å². The van der Waals surface area contributed by atoms with Gasteiger partial charge in [-0.05, 0) is 30.3 Å². The van der Waals surface area contributed by atoms with Gasteiger partial charge in [0.25, 0.3) is 0 Å². The van der Waals surface area contributed by atoms with Gasteiger partial charge in [-0.15, -0.1) is 10.2 Å². The molecule has 0 aliphatic carbocycles. The quantitative estimate of drug-likeness (QED) is 0.477. The van der Waals surface area contributed by atoms with E-state index in [1.807, 2.05) is 12.1 Å². The van der Waals surface area contributed by atoms with Gasteiger partial charge in [0.2, 0.25) is 5.78 Å². The lowest BCUT2D eigenvalue weighted by Gasteiger charge is -2.11. The van der Waals surface area contributed by atoms with Crippen LogP contribution in [0.1, 0.15) is 21.9 Å². The Morgan fingerprint density at radius 1 is 1.23 bits per heavy atom. The maximum Gasteiger partial charge on any atom is 0.213 e. The molecule has 0 radical (unpaired) electrons.